The minimum Gasteiger partial charge on any atom is -0.497 e. The molecule has 5 nitrogen and oxygen atoms in total. The maximum absolute atomic E-state index is 12.2. The molecule has 6 heteroatoms. The van der Waals surface area contributed by atoms with Crippen molar-refractivity contribution in [2.75, 3.05) is 19.0 Å². The van der Waals surface area contributed by atoms with Gasteiger partial charge in [-0.2, -0.15) is 0 Å². The fraction of sp³-hybridized carbons (Fsp3) is 0.263. The van der Waals surface area contributed by atoms with E-state index in [1.807, 2.05) is 49.4 Å². The number of amides is 1. The summed E-state index contributed by atoms with van der Waals surface area (Å²) < 4.78 is 11.6. The first-order valence-electron chi connectivity index (χ1n) is 8.14. The average molecular weight is 356 g/mol. The Balaban J connectivity index is 1.57. The summed E-state index contributed by atoms with van der Waals surface area (Å²) in [5.41, 5.74) is 1.96. The Morgan fingerprint density at radius 3 is 2.64 bits per heavy atom. The fourth-order valence-corrected chi connectivity index (χ4v) is 3.35. The van der Waals surface area contributed by atoms with E-state index in [0.29, 0.717) is 24.6 Å². The number of hydrogen-bond acceptors (Lipinski definition) is 5. The lowest BCUT2D eigenvalue weighted by Gasteiger charge is -2.05. The quantitative estimate of drug-likeness (QED) is 0.686. The number of thiazole rings is 1. The molecule has 3 aromatic rings. The molecule has 1 heterocycles. The lowest BCUT2D eigenvalue weighted by molar-refractivity contribution is -0.116. The summed E-state index contributed by atoms with van der Waals surface area (Å²) in [6.45, 7) is 2.60. The Bertz CT molecular complexity index is 859. The van der Waals surface area contributed by atoms with Gasteiger partial charge in [-0.25, -0.2) is 4.98 Å². The molecule has 0 aliphatic rings. The zero-order chi connectivity index (χ0) is 17.6. The number of carbonyl (C=O) groups excluding carboxylic acids is 1. The molecule has 0 fully saturated rings. The van der Waals surface area contributed by atoms with Crippen LogP contribution in [0.5, 0.6) is 11.5 Å². The van der Waals surface area contributed by atoms with Crippen LogP contribution in [0.1, 0.15) is 18.9 Å². The minimum atomic E-state index is -0.0418. The lowest BCUT2D eigenvalue weighted by Crippen LogP contribution is -2.12. The number of benzene rings is 2. The van der Waals surface area contributed by atoms with Crippen LogP contribution in [0.15, 0.2) is 42.5 Å². The van der Waals surface area contributed by atoms with Crippen LogP contribution in [0.3, 0.4) is 0 Å². The first kappa shape index (κ1) is 17.2. The highest BCUT2D eigenvalue weighted by molar-refractivity contribution is 7.22. The molecule has 0 bridgehead atoms. The molecular formula is C19H20N2O3S. The van der Waals surface area contributed by atoms with E-state index in [1.165, 1.54) is 11.3 Å². The van der Waals surface area contributed by atoms with E-state index in [1.54, 1.807) is 7.11 Å². The molecule has 3 rings (SSSR count). The topological polar surface area (TPSA) is 60.5 Å². The Labute approximate surface area is 150 Å². The molecule has 0 radical (unpaired) electrons. The van der Waals surface area contributed by atoms with E-state index in [0.717, 1.165) is 27.3 Å². The second kappa shape index (κ2) is 7.98. The monoisotopic (exact) mass is 356 g/mol. The van der Waals surface area contributed by atoms with Crippen LogP contribution < -0.4 is 14.8 Å². The van der Waals surface area contributed by atoms with Gasteiger partial charge in [0.25, 0.3) is 0 Å². The van der Waals surface area contributed by atoms with Crippen molar-refractivity contribution in [1.29, 1.82) is 0 Å². The average Bonchev–Trinajstić information content (AvgIpc) is 3.02. The zero-order valence-electron chi connectivity index (χ0n) is 14.2. The highest BCUT2D eigenvalue weighted by Crippen LogP contribution is 2.29. The van der Waals surface area contributed by atoms with Gasteiger partial charge in [0.05, 0.1) is 23.9 Å². The Hall–Kier alpha value is -2.60. The molecule has 0 atom stereocenters. The summed E-state index contributed by atoms with van der Waals surface area (Å²) in [5.74, 6) is 1.59. The number of anilines is 1. The number of rotatable bonds is 7. The maximum Gasteiger partial charge on any atom is 0.226 e. The van der Waals surface area contributed by atoms with Gasteiger partial charge in [0.1, 0.15) is 11.5 Å². The Morgan fingerprint density at radius 2 is 1.92 bits per heavy atom. The molecular weight excluding hydrogens is 336 g/mol. The molecule has 1 N–H and O–H groups in total. The zero-order valence-corrected chi connectivity index (χ0v) is 15.1. The molecule has 0 unspecified atom stereocenters. The summed E-state index contributed by atoms with van der Waals surface area (Å²) in [4.78, 5) is 16.6. The van der Waals surface area contributed by atoms with Crippen molar-refractivity contribution in [2.45, 2.75) is 19.8 Å². The second-order valence-electron chi connectivity index (χ2n) is 5.48. The number of carbonyl (C=O) groups is 1. The molecule has 0 saturated heterocycles. The van der Waals surface area contributed by atoms with Gasteiger partial charge in [0, 0.05) is 6.42 Å². The highest BCUT2D eigenvalue weighted by atomic mass is 32.1. The summed E-state index contributed by atoms with van der Waals surface area (Å²) in [7, 11) is 1.63. The minimum absolute atomic E-state index is 0.0418. The molecule has 0 saturated carbocycles. The normalized spacial score (nSPS) is 10.6. The summed E-state index contributed by atoms with van der Waals surface area (Å²) in [6.07, 6.45) is 1.09. The van der Waals surface area contributed by atoms with Crippen molar-refractivity contribution in [2.24, 2.45) is 0 Å². The number of methoxy groups -OCH3 is 1. The Kier molecular flexibility index (Phi) is 5.50. The van der Waals surface area contributed by atoms with Crippen LogP contribution >= 0.6 is 11.3 Å². The van der Waals surface area contributed by atoms with Crippen LogP contribution in [-0.4, -0.2) is 24.6 Å². The van der Waals surface area contributed by atoms with Crippen molar-refractivity contribution >= 4 is 32.6 Å². The lowest BCUT2D eigenvalue weighted by atomic mass is 10.1. The number of hydrogen-bond donors (Lipinski definition) is 1. The number of nitrogens with zero attached hydrogens (tertiary/aromatic N) is 1. The summed E-state index contributed by atoms with van der Waals surface area (Å²) >= 11 is 1.44. The number of nitrogens with one attached hydrogen (secondary N) is 1. The van der Waals surface area contributed by atoms with Gasteiger partial charge in [0.15, 0.2) is 5.13 Å². The van der Waals surface area contributed by atoms with Crippen LogP contribution in [0.4, 0.5) is 5.13 Å². The first-order valence-corrected chi connectivity index (χ1v) is 8.95. The molecule has 25 heavy (non-hydrogen) atoms. The molecule has 0 aliphatic carbocycles. The smallest absolute Gasteiger partial charge is 0.226 e. The van der Waals surface area contributed by atoms with Crippen LogP contribution in [-0.2, 0) is 11.2 Å². The summed E-state index contributed by atoms with van der Waals surface area (Å²) in [6, 6.07) is 13.5. The van der Waals surface area contributed by atoms with Crippen LogP contribution in [0, 0.1) is 0 Å². The van der Waals surface area contributed by atoms with Crippen molar-refractivity contribution in [3.63, 3.8) is 0 Å². The van der Waals surface area contributed by atoms with Crippen LogP contribution in [0.25, 0.3) is 10.2 Å². The van der Waals surface area contributed by atoms with Gasteiger partial charge in [-0.1, -0.05) is 23.5 Å². The van der Waals surface area contributed by atoms with Crippen molar-refractivity contribution in [3.05, 3.63) is 48.0 Å². The van der Waals surface area contributed by atoms with Gasteiger partial charge in [-0.15, -0.1) is 0 Å². The third-order valence-corrected chi connectivity index (χ3v) is 4.65. The number of fused-ring (bicyclic) bond motifs is 1. The van der Waals surface area contributed by atoms with Gasteiger partial charge in [-0.05, 0) is 49.2 Å². The first-order chi connectivity index (χ1) is 12.2. The van der Waals surface area contributed by atoms with E-state index in [-0.39, 0.29) is 5.91 Å². The molecule has 0 aliphatic heterocycles. The van der Waals surface area contributed by atoms with Crippen LogP contribution in [0.2, 0.25) is 0 Å². The largest absolute Gasteiger partial charge is 0.497 e. The van der Waals surface area contributed by atoms with E-state index in [2.05, 4.69) is 10.3 Å². The predicted molar refractivity (Wildman–Crippen MR) is 101 cm³/mol. The van der Waals surface area contributed by atoms with Gasteiger partial charge >= 0.3 is 0 Å². The van der Waals surface area contributed by atoms with Gasteiger partial charge in [-0.3, -0.25) is 4.79 Å². The van der Waals surface area contributed by atoms with E-state index < -0.39 is 0 Å². The number of ether oxygens (including phenoxy) is 2. The third kappa shape index (κ3) is 4.48. The SMILES string of the molecule is CCOc1ccc(CCC(=O)Nc2nc3ccc(OC)cc3s2)cc1. The van der Waals surface area contributed by atoms with Gasteiger partial charge in [0.2, 0.25) is 5.91 Å². The van der Waals surface area contributed by atoms with Crippen molar-refractivity contribution < 1.29 is 14.3 Å². The molecule has 2 aromatic carbocycles. The standard InChI is InChI=1S/C19H20N2O3S/c1-3-24-14-7-4-13(5-8-14)6-11-18(22)21-19-20-16-10-9-15(23-2)12-17(16)25-19/h4-5,7-10,12H,3,6,11H2,1-2H3,(H,20,21,22). The molecule has 1 amide bonds. The van der Waals surface area contributed by atoms with E-state index in [4.69, 9.17) is 9.47 Å². The molecule has 1 aromatic heterocycles. The number of aromatic nitrogens is 1. The third-order valence-electron chi connectivity index (χ3n) is 3.72. The summed E-state index contributed by atoms with van der Waals surface area (Å²) in [5, 5.41) is 3.48. The molecule has 130 valence electrons. The van der Waals surface area contributed by atoms with Crippen molar-refractivity contribution in [1.82, 2.24) is 4.98 Å². The van der Waals surface area contributed by atoms with Gasteiger partial charge < -0.3 is 14.8 Å². The fourth-order valence-electron chi connectivity index (χ4n) is 2.44. The number of aryl methyl sites for hydroxylation is 1. The second-order valence-corrected chi connectivity index (χ2v) is 6.51. The van der Waals surface area contributed by atoms with E-state index in [9.17, 15) is 4.79 Å². The predicted octanol–water partition coefficient (Wildman–Crippen LogP) is 4.27. The molecule has 0 spiro atoms. The Morgan fingerprint density at radius 1 is 1.16 bits per heavy atom. The van der Waals surface area contributed by atoms with E-state index >= 15 is 0 Å². The van der Waals surface area contributed by atoms with Crippen molar-refractivity contribution in [3.8, 4) is 11.5 Å². The maximum atomic E-state index is 12.2. The highest BCUT2D eigenvalue weighted by Gasteiger charge is 2.09.